The molecule has 2 N–H and O–H groups in total. The predicted molar refractivity (Wildman–Crippen MR) is 61.9 cm³/mol. The van der Waals surface area contributed by atoms with Crippen LogP contribution in [0.1, 0.15) is 25.3 Å². The van der Waals surface area contributed by atoms with E-state index in [-0.39, 0.29) is 18.6 Å². The van der Waals surface area contributed by atoms with E-state index in [1.165, 1.54) is 0 Å². The molecule has 0 spiro atoms. The largest absolute Gasteiger partial charge is 0.394 e. The van der Waals surface area contributed by atoms with Crippen LogP contribution in [0.15, 0.2) is 24.5 Å². The maximum atomic E-state index is 11.5. The molecule has 1 rings (SSSR count). The molecule has 0 saturated heterocycles. The molecule has 4 heteroatoms. The van der Waals surface area contributed by atoms with E-state index in [1.807, 2.05) is 19.1 Å². The molecule has 1 heterocycles. The SMILES string of the molecule is CC[C@@H](CO)NC(=O)CCc1ccncc1. The number of pyridine rings is 1. The van der Waals surface area contributed by atoms with Gasteiger partial charge in [0.15, 0.2) is 0 Å². The van der Waals surface area contributed by atoms with Crippen LogP contribution in [0.3, 0.4) is 0 Å². The van der Waals surface area contributed by atoms with Gasteiger partial charge in [0.1, 0.15) is 0 Å². The predicted octanol–water partition coefficient (Wildman–Crippen LogP) is 0.901. The van der Waals surface area contributed by atoms with E-state index < -0.39 is 0 Å². The molecule has 0 unspecified atom stereocenters. The summed E-state index contributed by atoms with van der Waals surface area (Å²) in [6, 6.07) is 3.68. The maximum absolute atomic E-state index is 11.5. The highest BCUT2D eigenvalue weighted by Crippen LogP contribution is 2.01. The minimum absolute atomic E-state index is 0.00248. The van der Waals surface area contributed by atoms with Gasteiger partial charge in [0.05, 0.1) is 12.6 Å². The summed E-state index contributed by atoms with van der Waals surface area (Å²) in [7, 11) is 0. The fourth-order valence-corrected chi connectivity index (χ4v) is 1.38. The van der Waals surface area contributed by atoms with Crippen molar-refractivity contribution in [2.45, 2.75) is 32.2 Å². The second-order valence-corrected chi connectivity index (χ2v) is 3.71. The molecular formula is C12H18N2O2. The minimum atomic E-state index is -0.120. The number of amides is 1. The van der Waals surface area contributed by atoms with Gasteiger partial charge in [-0.3, -0.25) is 9.78 Å². The van der Waals surface area contributed by atoms with E-state index in [9.17, 15) is 4.79 Å². The zero-order valence-electron chi connectivity index (χ0n) is 9.52. The van der Waals surface area contributed by atoms with Crippen molar-refractivity contribution in [2.75, 3.05) is 6.61 Å². The van der Waals surface area contributed by atoms with E-state index >= 15 is 0 Å². The molecule has 0 aliphatic carbocycles. The van der Waals surface area contributed by atoms with Gasteiger partial charge >= 0.3 is 0 Å². The number of aromatic nitrogens is 1. The Labute approximate surface area is 95.7 Å². The van der Waals surface area contributed by atoms with Gasteiger partial charge in [-0.1, -0.05) is 6.92 Å². The molecule has 1 aromatic rings. The molecule has 0 fully saturated rings. The Balaban J connectivity index is 2.30. The highest BCUT2D eigenvalue weighted by Gasteiger charge is 2.08. The topological polar surface area (TPSA) is 62.2 Å². The van der Waals surface area contributed by atoms with Crippen LogP contribution in [0.2, 0.25) is 0 Å². The standard InChI is InChI=1S/C12H18N2O2/c1-2-11(9-15)14-12(16)4-3-10-5-7-13-8-6-10/h5-8,11,15H,2-4,9H2,1H3,(H,14,16)/t11-/m0/s1. The van der Waals surface area contributed by atoms with E-state index in [0.717, 1.165) is 12.0 Å². The molecule has 0 radical (unpaired) electrons. The minimum Gasteiger partial charge on any atom is -0.394 e. The summed E-state index contributed by atoms with van der Waals surface area (Å²) in [6.07, 6.45) is 5.33. The molecule has 0 saturated carbocycles. The normalized spacial score (nSPS) is 12.1. The van der Waals surface area contributed by atoms with Crippen molar-refractivity contribution < 1.29 is 9.90 Å². The summed E-state index contributed by atoms with van der Waals surface area (Å²) in [5.41, 5.74) is 1.10. The molecular weight excluding hydrogens is 204 g/mol. The summed E-state index contributed by atoms with van der Waals surface area (Å²) < 4.78 is 0. The van der Waals surface area contributed by atoms with E-state index in [0.29, 0.717) is 12.8 Å². The van der Waals surface area contributed by atoms with Gasteiger partial charge in [0, 0.05) is 18.8 Å². The van der Waals surface area contributed by atoms with Crippen molar-refractivity contribution in [1.29, 1.82) is 0 Å². The average Bonchev–Trinajstić information content (AvgIpc) is 2.34. The third-order valence-electron chi connectivity index (χ3n) is 2.47. The van der Waals surface area contributed by atoms with Gasteiger partial charge in [0.2, 0.25) is 5.91 Å². The quantitative estimate of drug-likeness (QED) is 0.751. The molecule has 0 aromatic carbocycles. The lowest BCUT2D eigenvalue weighted by Gasteiger charge is -2.13. The van der Waals surface area contributed by atoms with Crippen molar-refractivity contribution in [3.05, 3.63) is 30.1 Å². The second kappa shape index (κ2) is 6.95. The number of hydrogen-bond donors (Lipinski definition) is 2. The lowest BCUT2D eigenvalue weighted by Crippen LogP contribution is -2.36. The third kappa shape index (κ3) is 4.40. The number of rotatable bonds is 6. The van der Waals surface area contributed by atoms with E-state index in [2.05, 4.69) is 10.3 Å². The Bertz CT molecular complexity index is 310. The van der Waals surface area contributed by atoms with Gasteiger partial charge in [-0.05, 0) is 30.5 Å². The number of aliphatic hydroxyl groups excluding tert-OH is 1. The Morgan fingerprint density at radius 3 is 2.75 bits per heavy atom. The molecule has 0 aliphatic heterocycles. The number of hydrogen-bond acceptors (Lipinski definition) is 3. The first-order chi connectivity index (χ1) is 7.76. The van der Waals surface area contributed by atoms with Crippen LogP contribution < -0.4 is 5.32 Å². The van der Waals surface area contributed by atoms with Crippen molar-refractivity contribution in [2.24, 2.45) is 0 Å². The molecule has 1 amide bonds. The third-order valence-corrected chi connectivity index (χ3v) is 2.47. The van der Waals surface area contributed by atoms with Crippen LogP contribution in [0.4, 0.5) is 0 Å². The second-order valence-electron chi connectivity index (χ2n) is 3.71. The smallest absolute Gasteiger partial charge is 0.220 e. The summed E-state index contributed by atoms with van der Waals surface area (Å²) >= 11 is 0. The van der Waals surface area contributed by atoms with Crippen LogP contribution in [0, 0.1) is 0 Å². The lowest BCUT2D eigenvalue weighted by molar-refractivity contribution is -0.122. The summed E-state index contributed by atoms with van der Waals surface area (Å²) in [5.74, 6) is -0.0160. The van der Waals surface area contributed by atoms with Gasteiger partial charge < -0.3 is 10.4 Å². The van der Waals surface area contributed by atoms with Crippen molar-refractivity contribution in [3.8, 4) is 0 Å². The van der Waals surface area contributed by atoms with Crippen molar-refractivity contribution in [3.63, 3.8) is 0 Å². The summed E-state index contributed by atoms with van der Waals surface area (Å²) in [6.45, 7) is 1.93. The lowest BCUT2D eigenvalue weighted by atomic mass is 10.1. The number of carbonyl (C=O) groups is 1. The van der Waals surface area contributed by atoms with Gasteiger partial charge in [-0.2, -0.15) is 0 Å². The molecule has 0 aliphatic rings. The molecule has 1 atom stereocenters. The fourth-order valence-electron chi connectivity index (χ4n) is 1.38. The molecule has 88 valence electrons. The van der Waals surface area contributed by atoms with Crippen LogP contribution in [-0.2, 0) is 11.2 Å². The Morgan fingerprint density at radius 1 is 1.50 bits per heavy atom. The van der Waals surface area contributed by atoms with Gasteiger partial charge in [-0.25, -0.2) is 0 Å². The number of carbonyl (C=O) groups excluding carboxylic acids is 1. The highest BCUT2D eigenvalue weighted by molar-refractivity contribution is 5.76. The number of aryl methyl sites for hydroxylation is 1. The Kier molecular flexibility index (Phi) is 5.50. The zero-order valence-corrected chi connectivity index (χ0v) is 9.52. The van der Waals surface area contributed by atoms with Gasteiger partial charge in [0.25, 0.3) is 0 Å². The molecule has 0 bridgehead atoms. The van der Waals surface area contributed by atoms with Crippen LogP contribution in [0.25, 0.3) is 0 Å². The Hall–Kier alpha value is -1.42. The van der Waals surface area contributed by atoms with Crippen molar-refractivity contribution in [1.82, 2.24) is 10.3 Å². The van der Waals surface area contributed by atoms with E-state index in [1.54, 1.807) is 12.4 Å². The number of nitrogens with one attached hydrogen (secondary N) is 1. The van der Waals surface area contributed by atoms with Crippen molar-refractivity contribution >= 4 is 5.91 Å². The highest BCUT2D eigenvalue weighted by atomic mass is 16.3. The first-order valence-corrected chi connectivity index (χ1v) is 5.55. The van der Waals surface area contributed by atoms with Crippen LogP contribution in [0.5, 0.6) is 0 Å². The first kappa shape index (κ1) is 12.6. The van der Waals surface area contributed by atoms with Crippen LogP contribution >= 0.6 is 0 Å². The first-order valence-electron chi connectivity index (χ1n) is 5.55. The van der Waals surface area contributed by atoms with Gasteiger partial charge in [-0.15, -0.1) is 0 Å². The summed E-state index contributed by atoms with van der Waals surface area (Å²) in [4.78, 5) is 15.4. The zero-order chi connectivity index (χ0) is 11.8. The molecule has 16 heavy (non-hydrogen) atoms. The number of aliphatic hydroxyl groups is 1. The molecule has 4 nitrogen and oxygen atoms in total. The van der Waals surface area contributed by atoms with E-state index in [4.69, 9.17) is 5.11 Å². The molecule has 1 aromatic heterocycles. The monoisotopic (exact) mass is 222 g/mol. The Morgan fingerprint density at radius 2 is 2.19 bits per heavy atom. The summed E-state index contributed by atoms with van der Waals surface area (Å²) in [5, 5.41) is 11.7. The van der Waals surface area contributed by atoms with Crippen LogP contribution in [-0.4, -0.2) is 28.6 Å². The average molecular weight is 222 g/mol. The number of nitrogens with zero attached hydrogens (tertiary/aromatic N) is 1. The maximum Gasteiger partial charge on any atom is 0.220 e. The fraction of sp³-hybridized carbons (Fsp3) is 0.500.